The molecule has 4 aromatic rings. The van der Waals surface area contributed by atoms with E-state index in [0.29, 0.717) is 31.3 Å². The van der Waals surface area contributed by atoms with Gasteiger partial charge in [0.2, 0.25) is 11.8 Å². The molecule has 2 amide bonds. The summed E-state index contributed by atoms with van der Waals surface area (Å²) in [5.41, 5.74) is 1.89. The van der Waals surface area contributed by atoms with Crippen molar-refractivity contribution >= 4 is 43.5 Å². The summed E-state index contributed by atoms with van der Waals surface area (Å²) in [6.07, 6.45) is 0.964. The Kier molecular flexibility index (Phi) is 11.0. The topological polar surface area (TPSA) is 105 Å². The predicted molar refractivity (Wildman–Crippen MR) is 180 cm³/mol. The third kappa shape index (κ3) is 8.07. The van der Waals surface area contributed by atoms with Gasteiger partial charge in [0, 0.05) is 30.0 Å². The molecule has 9 nitrogen and oxygen atoms in total. The van der Waals surface area contributed by atoms with Gasteiger partial charge in [0.25, 0.3) is 10.0 Å². The second-order valence-electron chi connectivity index (χ2n) is 10.8. The minimum Gasteiger partial charge on any atom is -0.486 e. The van der Waals surface area contributed by atoms with Crippen molar-refractivity contribution in [1.29, 1.82) is 0 Å². The quantitative estimate of drug-likeness (QED) is 0.195. The zero-order valence-electron chi connectivity index (χ0n) is 25.5. The van der Waals surface area contributed by atoms with Crippen molar-refractivity contribution in [2.24, 2.45) is 0 Å². The summed E-state index contributed by atoms with van der Waals surface area (Å²) in [6, 6.07) is 28.8. The maximum Gasteiger partial charge on any atom is 0.264 e. The Bertz CT molecular complexity index is 1740. The smallest absolute Gasteiger partial charge is 0.264 e. The summed E-state index contributed by atoms with van der Waals surface area (Å²) >= 11 is 3.46. The van der Waals surface area contributed by atoms with Gasteiger partial charge in [0.15, 0.2) is 11.5 Å². The third-order valence-corrected chi connectivity index (χ3v) is 9.83. The fraction of sp³-hybridized carbons (Fsp3) is 0.257. The van der Waals surface area contributed by atoms with Crippen LogP contribution in [0.2, 0.25) is 0 Å². The van der Waals surface area contributed by atoms with Crippen molar-refractivity contribution in [3.05, 3.63) is 119 Å². The molecule has 1 aliphatic rings. The molecule has 0 bridgehead atoms. The Hall–Kier alpha value is -4.35. The number of nitrogens with zero attached hydrogens (tertiary/aromatic N) is 2. The zero-order chi connectivity index (χ0) is 32.5. The molecule has 46 heavy (non-hydrogen) atoms. The largest absolute Gasteiger partial charge is 0.486 e. The number of carbonyl (C=O) groups is 2. The van der Waals surface area contributed by atoms with E-state index in [1.54, 1.807) is 36.4 Å². The number of rotatable bonds is 13. The number of halogens is 1. The SMILES string of the molecule is CCCNC(=O)[C@H](Cc1ccccc1)N(Cc1ccc(Br)cc1)C(=O)CN(c1ccc2c(c1)OCCO2)S(=O)(=O)c1ccccc1. The Morgan fingerprint density at radius 3 is 2.17 bits per heavy atom. The van der Waals surface area contributed by atoms with E-state index in [2.05, 4.69) is 21.2 Å². The molecule has 240 valence electrons. The highest BCUT2D eigenvalue weighted by molar-refractivity contribution is 9.10. The maximum atomic E-state index is 14.5. The standard InChI is InChI=1S/C35H36BrN3O6S/c1-2-19-37-35(41)31(22-26-9-5-3-6-10-26)38(24-27-13-15-28(36)16-14-27)34(40)25-39(46(42,43)30-11-7-4-8-12-30)29-17-18-32-33(23-29)45-21-20-44-32/h3-18,23,31H,2,19-22,24-25H2,1H3,(H,37,41)/t31-/m0/s1. The average molecular weight is 707 g/mol. The molecule has 5 rings (SSSR count). The number of amides is 2. The molecular formula is C35H36BrN3O6S. The van der Waals surface area contributed by atoms with Gasteiger partial charge in [-0.15, -0.1) is 0 Å². The highest BCUT2D eigenvalue weighted by Crippen LogP contribution is 2.36. The van der Waals surface area contributed by atoms with E-state index in [0.717, 1.165) is 26.3 Å². The lowest BCUT2D eigenvalue weighted by atomic mass is 10.0. The van der Waals surface area contributed by atoms with Crippen LogP contribution in [0.15, 0.2) is 112 Å². The maximum absolute atomic E-state index is 14.5. The van der Waals surface area contributed by atoms with Gasteiger partial charge in [-0.2, -0.15) is 0 Å². The molecule has 0 fully saturated rings. The van der Waals surface area contributed by atoms with Gasteiger partial charge in [-0.25, -0.2) is 8.42 Å². The van der Waals surface area contributed by atoms with Crippen molar-refractivity contribution in [1.82, 2.24) is 10.2 Å². The predicted octanol–water partition coefficient (Wildman–Crippen LogP) is 5.58. The summed E-state index contributed by atoms with van der Waals surface area (Å²) < 4.78 is 41.7. The Labute approximate surface area is 278 Å². The molecular weight excluding hydrogens is 670 g/mol. The molecule has 0 radical (unpaired) electrons. The van der Waals surface area contributed by atoms with Crippen molar-refractivity contribution in [2.75, 3.05) is 30.6 Å². The van der Waals surface area contributed by atoms with Crippen LogP contribution in [0.1, 0.15) is 24.5 Å². The molecule has 0 saturated heterocycles. The first-order valence-electron chi connectivity index (χ1n) is 15.1. The lowest BCUT2D eigenvalue weighted by molar-refractivity contribution is -0.140. The molecule has 1 N–H and O–H groups in total. The lowest BCUT2D eigenvalue weighted by Gasteiger charge is -2.34. The number of hydrogen-bond donors (Lipinski definition) is 1. The van der Waals surface area contributed by atoms with E-state index in [1.165, 1.54) is 17.0 Å². The van der Waals surface area contributed by atoms with Gasteiger partial charge in [-0.1, -0.05) is 83.5 Å². The molecule has 1 atom stereocenters. The normalized spacial score (nSPS) is 13.0. The summed E-state index contributed by atoms with van der Waals surface area (Å²) in [7, 11) is -4.22. The Balaban J connectivity index is 1.57. The third-order valence-electron chi connectivity index (χ3n) is 7.51. The zero-order valence-corrected chi connectivity index (χ0v) is 27.9. The molecule has 1 heterocycles. The number of carbonyl (C=O) groups excluding carboxylic acids is 2. The Morgan fingerprint density at radius 2 is 1.50 bits per heavy atom. The Morgan fingerprint density at radius 1 is 0.848 bits per heavy atom. The first-order valence-corrected chi connectivity index (χ1v) is 17.3. The van der Waals surface area contributed by atoms with E-state index in [9.17, 15) is 18.0 Å². The summed E-state index contributed by atoms with van der Waals surface area (Å²) in [4.78, 5) is 29.8. The molecule has 1 aliphatic heterocycles. The monoisotopic (exact) mass is 705 g/mol. The number of sulfonamides is 1. The first-order chi connectivity index (χ1) is 22.3. The first kappa shape index (κ1) is 33.0. The van der Waals surface area contributed by atoms with Crippen LogP contribution in [0, 0.1) is 0 Å². The molecule has 0 aliphatic carbocycles. The number of anilines is 1. The van der Waals surface area contributed by atoms with Gasteiger partial charge in [-0.05, 0) is 53.9 Å². The van der Waals surface area contributed by atoms with E-state index < -0.39 is 28.5 Å². The summed E-state index contributed by atoms with van der Waals surface area (Å²) in [6.45, 7) is 2.62. The second kappa shape index (κ2) is 15.3. The van der Waals surface area contributed by atoms with Gasteiger partial charge >= 0.3 is 0 Å². The molecule has 0 spiro atoms. The molecule has 11 heteroatoms. The fourth-order valence-corrected chi connectivity index (χ4v) is 6.83. The second-order valence-corrected chi connectivity index (χ2v) is 13.6. The van der Waals surface area contributed by atoms with E-state index >= 15 is 0 Å². The molecule has 0 saturated carbocycles. The van der Waals surface area contributed by atoms with Gasteiger partial charge < -0.3 is 19.7 Å². The number of nitrogens with one attached hydrogen (secondary N) is 1. The van der Waals surface area contributed by atoms with Gasteiger partial charge in [0.05, 0.1) is 10.6 Å². The van der Waals surface area contributed by atoms with Gasteiger partial charge in [-0.3, -0.25) is 13.9 Å². The highest BCUT2D eigenvalue weighted by Gasteiger charge is 2.35. The summed E-state index contributed by atoms with van der Waals surface area (Å²) in [5.74, 6) is 0.0284. The number of benzene rings is 4. The number of hydrogen-bond acceptors (Lipinski definition) is 6. The minimum absolute atomic E-state index is 0.0265. The lowest BCUT2D eigenvalue weighted by Crippen LogP contribution is -2.53. The number of ether oxygens (including phenoxy) is 2. The van der Waals surface area contributed by atoms with Crippen LogP contribution in [0.3, 0.4) is 0 Å². The van der Waals surface area contributed by atoms with Crippen LogP contribution in [-0.2, 0) is 32.6 Å². The van der Waals surface area contributed by atoms with Crippen LogP contribution in [0.5, 0.6) is 11.5 Å². The van der Waals surface area contributed by atoms with Crippen molar-refractivity contribution < 1.29 is 27.5 Å². The van der Waals surface area contributed by atoms with Crippen LogP contribution >= 0.6 is 15.9 Å². The number of fused-ring (bicyclic) bond motifs is 1. The van der Waals surface area contributed by atoms with Crippen LogP contribution in [0.25, 0.3) is 0 Å². The van der Waals surface area contributed by atoms with Crippen LogP contribution in [-0.4, -0.2) is 57.5 Å². The fourth-order valence-electron chi connectivity index (χ4n) is 5.14. The van der Waals surface area contributed by atoms with Crippen molar-refractivity contribution in [2.45, 2.75) is 37.2 Å². The highest BCUT2D eigenvalue weighted by atomic mass is 79.9. The van der Waals surface area contributed by atoms with Crippen LogP contribution < -0.4 is 19.1 Å². The molecule has 0 aromatic heterocycles. The summed E-state index contributed by atoms with van der Waals surface area (Å²) in [5, 5.41) is 2.96. The van der Waals surface area contributed by atoms with Crippen molar-refractivity contribution in [3.63, 3.8) is 0 Å². The van der Waals surface area contributed by atoms with E-state index in [4.69, 9.17) is 9.47 Å². The molecule has 4 aromatic carbocycles. The van der Waals surface area contributed by atoms with Crippen molar-refractivity contribution in [3.8, 4) is 11.5 Å². The molecule has 0 unspecified atom stereocenters. The van der Waals surface area contributed by atoms with E-state index in [1.807, 2.05) is 61.5 Å². The van der Waals surface area contributed by atoms with E-state index in [-0.39, 0.29) is 29.5 Å². The van der Waals surface area contributed by atoms with Gasteiger partial charge in [0.1, 0.15) is 25.8 Å². The average Bonchev–Trinajstić information content (AvgIpc) is 3.09. The minimum atomic E-state index is -4.22. The van der Waals surface area contributed by atoms with Crippen LogP contribution in [0.4, 0.5) is 5.69 Å².